The van der Waals surface area contributed by atoms with Crippen molar-refractivity contribution in [3.63, 3.8) is 0 Å². The van der Waals surface area contributed by atoms with Crippen molar-refractivity contribution < 1.29 is 19.1 Å². The zero-order chi connectivity index (χ0) is 26.4. The maximum atomic E-state index is 13.2. The lowest BCUT2D eigenvalue weighted by Gasteiger charge is -2.72. The van der Waals surface area contributed by atoms with E-state index in [0.717, 1.165) is 44.1 Å². The normalized spacial score (nSPS) is 47.5. The van der Waals surface area contributed by atoms with Gasteiger partial charge in [-0.05, 0) is 96.4 Å². The number of carbonyl (C=O) groups excluding carboxylic acids is 3. The van der Waals surface area contributed by atoms with Crippen LogP contribution in [0.2, 0.25) is 0 Å². The van der Waals surface area contributed by atoms with Crippen LogP contribution in [0.5, 0.6) is 0 Å². The number of ketones is 1. The maximum absolute atomic E-state index is 13.2. The first-order valence-corrected chi connectivity index (χ1v) is 14.6. The SMILES string of the molecule is CC(=O)O[C@H]1CC[C@]2(C)[C@H]3CC[C@@H]4C5=C(C(C)C)C(=O)CC5[C@@H](C=O)C[C@@]4(C)[C@]3(C)CC[C@H]2C1(C)C. The van der Waals surface area contributed by atoms with E-state index in [9.17, 15) is 14.4 Å². The predicted molar refractivity (Wildman–Crippen MR) is 141 cm³/mol. The summed E-state index contributed by atoms with van der Waals surface area (Å²) in [6.45, 7) is 18.1. The Hall–Kier alpha value is -1.45. The second-order valence-corrected chi connectivity index (χ2v) is 14.8. The molecule has 4 nitrogen and oxygen atoms in total. The molecule has 9 atom stereocenters. The van der Waals surface area contributed by atoms with Crippen molar-refractivity contribution >= 4 is 18.0 Å². The van der Waals surface area contributed by atoms with Crippen LogP contribution in [0.4, 0.5) is 0 Å². The molecule has 4 saturated carbocycles. The summed E-state index contributed by atoms with van der Waals surface area (Å²) < 4.78 is 5.87. The van der Waals surface area contributed by atoms with Crippen LogP contribution in [-0.4, -0.2) is 24.1 Å². The van der Waals surface area contributed by atoms with E-state index in [-0.39, 0.29) is 51.5 Å². The van der Waals surface area contributed by atoms with Gasteiger partial charge in [0.15, 0.2) is 5.78 Å². The van der Waals surface area contributed by atoms with E-state index in [1.165, 1.54) is 25.2 Å². The summed E-state index contributed by atoms with van der Waals surface area (Å²) in [6.07, 6.45) is 9.29. The average Bonchev–Trinajstić information content (AvgIpc) is 3.12. The van der Waals surface area contributed by atoms with Crippen LogP contribution >= 0.6 is 0 Å². The third-order valence-electron chi connectivity index (χ3n) is 12.8. The Morgan fingerprint density at radius 1 is 0.972 bits per heavy atom. The van der Waals surface area contributed by atoms with Crippen LogP contribution in [0.3, 0.4) is 0 Å². The first-order valence-electron chi connectivity index (χ1n) is 14.6. The van der Waals surface area contributed by atoms with Gasteiger partial charge in [-0.15, -0.1) is 0 Å². The molecule has 4 heteroatoms. The molecule has 0 aromatic heterocycles. The highest BCUT2D eigenvalue weighted by Gasteiger charge is 2.69. The van der Waals surface area contributed by atoms with Gasteiger partial charge >= 0.3 is 5.97 Å². The Morgan fingerprint density at radius 3 is 2.28 bits per heavy atom. The number of rotatable bonds is 3. The fourth-order valence-electron chi connectivity index (χ4n) is 11.2. The van der Waals surface area contributed by atoms with Gasteiger partial charge in [0, 0.05) is 24.7 Å². The average molecular weight is 497 g/mol. The number of aldehydes is 1. The molecule has 0 spiro atoms. The molecule has 5 rings (SSSR count). The van der Waals surface area contributed by atoms with Gasteiger partial charge in [-0.25, -0.2) is 0 Å². The van der Waals surface area contributed by atoms with Gasteiger partial charge in [-0.3, -0.25) is 9.59 Å². The summed E-state index contributed by atoms with van der Waals surface area (Å²) >= 11 is 0. The number of ether oxygens (including phenoxy) is 1. The van der Waals surface area contributed by atoms with Gasteiger partial charge in [-0.2, -0.15) is 0 Å². The second-order valence-electron chi connectivity index (χ2n) is 14.8. The van der Waals surface area contributed by atoms with E-state index in [1.807, 2.05) is 0 Å². The number of carbonyl (C=O) groups is 3. The summed E-state index contributed by atoms with van der Waals surface area (Å²) in [5.74, 6) is 1.95. The number of hydrogen-bond donors (Lipinski definition) is 0. The Morgan fingerprint density at radius 2 is 1.67 bits per heavy atom. The van der Waals surface area contributed by atoms with Crippen LogP contribution in [0.25, 0.3) is 0 Å². The fourth-order valence-corrected chi connectivity index (χ4v) is 11.2. The van der Waals surface area contributed by atoms with Crippen LogP contribution in [0.1, 0.15) is 107 Å². The van der Waals surface area contributed by atoms with Crippen LogP contribution in [-0.2, 0) is 19.1 Å². The van der Waals surface area contributed by atoms with Crippen molar-refractivity contribution in [1.82, 2.24) is 0 Å². The first kappa shape index (κ1) is 26.2. The quantitative estimate of drug-likeness (QED) is 0.313. The number of allylic oxidation sites excluding steroid dienone is 2. The topological polar surface area (TPSA) is 60.4 Å². The van der Waals surface area contributed by atoms with Crippen molar-refractivity contribution in [3.05, 3.63) is 11.1 Å². The fraction of sp³-hybridized carbons (Fsp3) is 0.844. The highest BCUT2D eigenvalue weighted by Crippen LogP contribution is 2.75. The molecule has 0 radical (unpaired) electrons. The number of Topliss-reactive ketones (excluding diaryl/α,β-unsaturated/α-hetero) is 1. The molecule has 0 heterocycles. The van der Waals surface area contributed by atoms with Gasteiger partial charge < -0.3 is 9.53 Å². The van der Waals surface area contributed by atoms with Gasteiger partial charge in [0.05, 0.1) is 0 Å². The molecule has 5 aliphatic carbocycles. The van der Waals surface area contributed by atoms with Gasteiger partial charge in [0.1, 0.15) is 12.4 Å². The predicted octanol–water partition coefficient (Wildman–Crippen LogP) is 6.95. The lowest BCUT2D eigenvalue weighted by molar-refractivity contribution is -0.233. The molecule has 5 aliphatic rings. The Bertz CT molecular complexity index is 1010. The Kier molecular flexibility index (Phi) is 6.01. The summed E-state index contributed by atoms with van der Waals surface area (Å²) in [6, 6.07) is 0. The Balaban J connectivity index is 1.57. The Labute approximate surface area is 218 Å². The molecule has 0 aliphatic heterocycles. The molecule has 0 amide bonds. The van der Waals surface area contributed by atoms with E-state index in [0.29, 0.717) is 30.0 Å². The van der Waals surface area contributed by atoms with Gasteiger partial charge in [0.2, 0.25) is 0 Å². The van der Waals surface area contributed by atoms with Crippen molar-refractivity contribution in [1.29, 1.82) is 0 Å². The molecular weight excluding hydrogens is 448 g/mol. The number of esters is 1. The molecule has 200 valence electrons. The van der Waals surface area contributed by atoms with Crippen molar-refractivity contribution in [3.8, 4) is 0 Å². The second kappa shape index (κ2) is 8.27. The number of hydrogen-bond acceptors (Lipinski definition) is 4. The molecule has 0 N–H and O–H groups in total. The van der Waals surface area contributed by atoms with E-state index in [2.05, 4.69) is 48.5 Å². The van der Waals surface area contributed by atoms with Crippen molar-refractivity contribution in [2.24, 2.45) is 57.2 Å². The maximum Gasteiger partial charge on any atom is 0.302 e. The lowest BCUT2D eigenvalue weighted by atomic mass is 9.33. The first-order chi connectivity index (χ1) is 16.7. The van der Waals surface area contributed by atoms with E-state index >= 15 is 0 Å². The third kappa shape index (κ3) is 3.27. The van der Waals surface area contributed by atoms with E-state index in [4.69, 9.17) is 4.74 Å². The smallest absolute Gasteiger partial charge is 0.302 e. The summed E-state index contributed by atoms with van der Waals surface area (Å²) in [5.41, 5.74) is 2.72. The largest absolute Gasteiger partial charge is 0.462 e. The van der Waals surface area contributed by atoms with Crippen molar-refractivity contribution in [2.75, 3.05) is 0 Å². The summed E-state index contributed by atoms with van der Waals surface area (Å²) in [4.78, 5) is 37.6. The standard InChI is InChI=1S/C32H48O4/c1-18(2)27-23(35)15-21-20(17-33)16-32(8)22(28(21)27)9-10-25-30(6)13-12-26(36-19(3)34)29(4,5)24(30)11-14-31(25,32)7/h17-18,20-22,24-26H,9-16H2,1-8H3/t20-,21?,22-,24+,25-,26+,30+,31-,32-/m1/s1. The van der Waals surface area contributed by atoms with E-state index in [1.54, 1.807) is 0 Å². The zero-order valence-corrected chi connectivity index (χ0v) is 23.9. The highest BCUT2D eigenvalue weighted by molar-refractivity contribution is 6.00. The van der Waals surface area contributed by atoms with Crippen LogP contribution in [0, 0.1) is 57.2 Å². The molecule has 0 bridgehead atoms. The monoisotopic (exact) mass is 496 g/mol. The van der Waals surface area contributed by atoms with Gasteiger partial charge in [0.25, 0.3) is 0 Å². The summed E-state index contributed by atoms with van der Waals surface area (Å²) in [7, 11) is 0. The van der Waals surface area contributed by atoms with E-state index < -0.39 is 0 Å². The molecule has 0 aromatic carbocycles. The molecule has 36 heavy (non-hydrogen) atoms. The molecule has 1 unspecified atom stereocenters. The van der Waals surface area contributed by atoms with Gasteiger partial charge in [-0.1, -0.05) is 54.0 Å². The third-order valence-corrected chi connectivity index (χ3v) is 12.8. The van der Waals surface area contributed by atoms with Crippen molar-refractivity contribution in [2.45, 2.75) is 113 Å². The number of fused-ring (bicyclic) bond motifs is 7. The zero-order valence-electron chi connectivity index (χ0n) is 23.9. The minimum absolute atomic E-state index is 0.0116. The summed E-state index contributed by atoms with van der Waals surface area (Å²) in [5, 5.41) is 0. The minimum Gasteiger partial charge on any atom is -0.462 e. The molecule has 0 saturated heterocycles. The molecule has 4 fully saturated rings. The van der Waals surface area contributed by atoms with Crippen LogP contribution < -0.4 is 0 Å². The minimum atomic E-state index is -0.164. The molecular formula is C32H48O4. The lowest BCUT2D eigenvalue weighted by Crippen LogP contribution is -2.66. The molecule has 0 aromatic rings. The highest BCUT2D eigenvalue weighted by atomic mass is 16.5. The van der Waals surface area contributed by atoms with Crippen LogP contribution in [0.15, 0.2) is 11.1 Å².